The number of rotatable bonds is 3. The van der Waals surface area contributed by atoms with E-state index in [-0.39, 0.29) is 0 Å². The number of hydrogen-bond donors (Lipinski definition) is 0. The highest BCUT2D eigenvalue weighted by molar-refractivity contribution is 7.26. The van der Waals surface area contributed by atoms with Gasteiger partial charge in [-0.15, -0.1) is 11.3 Å². The second-order valence-electron chi connectivity index (χ2n) is 13.7. The van der Waals surface area contributed by atoms with E-state index in [1.807, 2.05) is 11.3 Å². The lowest BCUT2D eigenvalue weighted by atomic mass is 10.0. The van der Waals surface area contributed by atoms with Crippen LogP contribution in [0.4, 0.5) is 0 Å². The minimum atomic E-state index is 1.22. The topological polar surface area (TPSA) is 9.34 Å². The summed E-state index contributed by atoms with van der Waals surface area (Å²) in [6, 6.07) is 62.9. The normalized spacial score (nSPS) is 12.3. The van der Waals surface area contributed by atoms with E-state index < -0.39 is 0 Å². The van der Waals surface area contributed by atoms with Crippen LogP contribution in [0.3, 0.4) is 0 Å². The van der Waals surface area contributed by atoms with Crippen molar-refractivity contribution < 1.29 is 0 Å². The molecule has 0 aliphatic carbocycles. The molecule has 51 heavy (non-hydrogen) atoms. The van der Waals surface area contributed by atoms with Crippen molar-refractivity contribution in [3.05, 3.63) is 170 Å². The lowest BCUT2D eigenvalue weighted by Crippen LogP contribution is -1.96. The van der Waals surface area contributed by atoms with Crippen LogP contribution < -0.4 is 0 Å². The molecule has 12 aromatic rings. The predicted octanol–water partition coefficient (Wildman–Crippen LogP) is 13.6. The third kappa shape index (κ3) is 3.71. The smallest absolute Gasteiger partial charge is 0.0620 e. The summed E-state index contributed by atoms with van der Waals surface area (Å²) in [7, 11) is 0. The number of fused-ring (bicyclic) bond motifs is 12. The second kappa shape index (κ2) is 10.1. The van der Waals surface area contributed by atoms with Crippen molar-refractivity contribution in [1.29, 1.82) is 0 Å². The van der Waals surface area contributed by atoms with E-state index in [9.17, 15) is 0 Å². The minimum absolute atomic E-state index is 1.22. The standard InChI is InChI=1S/C48H28N2S/c1-2-11-29(12-3-1)32-27-44(47-38-15-6-9-20-45(38)51-46(47)28-32)49-40-18-7-5-14-34(40)39-25-30(22-24-42(39)49)31-21-23-35-37-17-10-16-36-33-13-4-8-19-41(33)50(48(36)37)43(35)26-31/h1-28H. The third-order valence-electron chi connectivity index (χ3n) is 11.0. The third-order valence-corrected chi connectivity index (χ3v) is 12.2. The van der Waals surface area contributed by atoms with Gasteiger partial charge in [-0.3, -0.25) is 0 Å². The lowest BCUT2D eigenvalue weighted by Gasteiger charge is -2.13. The molecule has 0 N–H and O–H groups in total. The maximum atomic E-state index is 2.50. The molecule has 8 aromatic carbocycles. The Morgan fingerprint density at radius 2 is 0.961 bits per heavy atom. The van der Waals surface area contributed by atoms with Crippen molar-refractivity contribution >= 4 is 91.4 Å². The zero-order chi connectivity index (χ0) is 33.2. The maximum absolute atomic E-state index is 2.50. The second-order valence-corrected chi connectivity index (χ2v) is 14.8. The minimum Gasteiger partial charge on any atom is -0.309 e. The number of aromatic nitrogens is 2. The van der Waals surface area contributed by atoms with Crippen LogP contribution >= 0.6 is 11.3 Å². The van der Waals surface area contributed by atoms with Gasteiger partial charge in [-0.25, -0.2) is 0 Å². The summed E-state index contributed by atoms with van der Waals surface area (Å²) >= 11 is 1.88. The van der Waals surface area contributed by atoms with Crippen molar-refractivity contribution in [3.8, 4) is 27.9 Å². The van der Waals surface area contributed by atoms with Crippen molar-refractivity contribution in [2.24, 2.45) is 0 Å². The van der Waals surface area contributed by atoms with Gasteiger partial charge in [0.15, 0.2) is 0 Å². The molecular weight excluding hydrogens is 637 g/mol. The summed E-state index contributed by atoms with van der Waals surface area (Å²) in [6.07, 6.45) is 0. The highest BCUT2D eigenvalue weighted by Gasteiger charge is 2.20. The summed E-state index contributed by atoms with van der Waals surface area (Å²) in [4.78, 5) is 0. The van der Waals surface area contributed by atoms with Crippen LogP contribution in [0.5, 0.6) is 0 Å². The molecule has 0 radical (unpaired) electrons. The highest BCUT2D eigenvalue weighted by Crippen LogP contribution is 2.45. The molecule has 0 amide bonds. The molecule has 0 saturated carbocycles. The molecule has 0 unspecified atom stereocenters. The number of hydrogen-bond acceptors (Lipinski definition) is 1. The van der Waals surface area contributed by atoms with Gasteiger partial charge in [0, 0.05) is 52.5 Å². The lowest BCUT2D eigenvalue weighted by molar-refractivity contribution is 1.20. The van der Waals surface area contributed by atoms with Gasteiger partial charge < -0.3 is 8.97 Å². The van der Waals surface area contributed by atoms with Gasteiger partial charge in [0.25, 0.3) is 0 Å². The van der Waals surface area contributed by atoms with E-state index in [0.717, 1.165) is 0 Å². The monoisotopic (exact) mass is 664 g/mol. The summed E-state index contributed by atoms with van der Waals surface area (Å²) in [5.74, 6) is 0. The number of nitrogens with zero attached hydrogens (tertiary/aromatic N) is 2. The molecule has 0 spiro atoms. The fourth-order valence-electron chi connectivity index (χ4n) is 8.83. The first kappa shape index (κ1) is 27.4. The molecule has 0 atom stereocenters. The largest absolute Gasteiger partial charge is 0.309 e. The van der Waals surface area contributed by atoms with E-state index >= 15 is 0 Å². The van der Waals surface area contributed by atoms with Gasteiger partial charge in [0.2, 0.25) is 0 Å². The van der Waals surface area contributed by atoms with Crippen molar-refractivity contribution in [2.45, 2.75) is 0 Å². The Morgan fingerprint density at radius 1 is 0.333 bits per heavy atom. The molecule has 0 aliphatic rings. The van der Waals surface area contributed by atoms with E-state index in [1.54, 1.807) is 0 Å². The predicted molar refractivity (Wildman–Crippen MR) is 219 cm³/mol. The van der Waals surface area contributed by atoms with Crippen LogP contribution in [0, 0.1) is 0 Å². The summed E-state index contributed by atoms with van der Waals surface area (Å²) in [5, 5.41) is 10.4. The first-order valence-corrected chi connectivity index (χ1v) is 18.3. The fraction of sp³-hybridized carbons (Fsp3) is 0. The van der Waals surface area contributed by atoms with Crippen LogP contribution in [-0.2, 0) is 0 Å². The SMILES string of the molecule is c1ccc(-c2cc(-n3c4ccccc4c4cc(-c5ccc6c7cccc8c9ccccc9n(c6c5)c87)ccc43)c3c(c2)sc2ccccc23)cc1. The zero-order valence-electron chi connectivity index (χ0n) is 27.5. The van der Waals surface area contributed by atoms with Crippen molar-refractivity contribution in [2.75, 3.05) is 0 Å². The molecule has 4 heterocycles. The molecule has 236 valence electrons. The van der Waals surface area contributed by atoms with Gasteiger partial charge in [-0.05, 0) is 70.8 Å². The molecule has 0 aliphatic heterocycles. The van der Waals surface area contributed by atoms with Crippen LogP contribution in [0.2, 0.25) is 0 Å². The van der Waals surface area contributed by atoms with Gasteiger partial charge in [-0.1, -0.05) is 121 Å². The average molecular weight is 665 g/mol. The van der Waals surface area contributed by atoms with E-state index in [4.69, 9.17) is 0 Å². The van der Waals surface area contributed by atoms with E-state index in [1.165, 1.54) is 108 Å². The van der Waals surface area contributed by atoms with E-state index in [0.29, 0.717) is 0 Å². The van der Waals surface area contributed by atoms with Crippen LogP contribution in [-0.4, -0.2) is 8.97 Å². The molecule has 0 saturated heterocycles. The first-order chi connectivity index (χ1) is 25.3. The van der Waals surface area contributed by atoms with Gasteiger partial charge >= 0.3 is 0 Å². The maximum Gasteiger partial charge on any atom is 0.0620 e. The summed E-state index contributed by atoms with van der Waals surface area (Å²) in [6.45, 7) is 0. The molecule has 0 bridgehead atoms. The first-order valence-electron chi connectivity index (χ1n) is 17.5. The van der Waals surface area contributed by atoms with E-state index in [2.05, 4.69) is 179 Å². The molecule has 2 nitrogen and oxygen atoms in total. The van der Waals surface area contributed by atoms with Gasteiger partial charge in [0.1, 0.15) is 0 Å². The van der Waals surface area contributed by atoms with Crippen LogP contribution in [0.1, 0.15) is 0 Å². The number of benzene rings is 8. The zero-order valence-corrected chi connectivity index (χ0v) is 28.3. The van der Waals surface area contributed by atoms with Crippen LogP contribution in [0.15, 0.2) is 170 Å². The highest BCUT2D eigenvalue weighted by atomic mass is 32.1. The van der Waals surface area contributed by atoms with Crippen molar-refractivity contribution in [1.82, 2.24) is 8.97 Å². The Hall–Kier alpha value is -6.42. The van der Waals surface area contributed by atoms with Crippen molar-refractivity contribution in [3.63, 3.8) is 0 Å². The summed E-state index contributed by atoms with van der Waals surface area (Å²) < 4.78 is 7.60. The average Bonchev–Trinajstić information content (AvgIpc) is 3.93. The number of thiophene rings is 1. The Bertz CT molecular complexity index is 3360. The quantitative estimate of drug-likeness (QED) is 0.178. The van der Waals surface area contributed by atoms with Gasteiger partial charge in [0.05, 0.1) is 33.3 Å². The molecule has 3 heteroatoms. The molecule has 0 fully saturated rings. The fourth-order valence-corrected chi connectivity index (χ4v) is 9.99. The summed E-state index contributed by atoms with van der Waals surface area (Å²) in [5.41, 5.74) is 12.4. The van der Waals surface area contributed by atoms with Gasteiger partial charge in [-0.2, -0.15) is 0 Å². The molecule has 12 rings (SSSR count). The van der Waals surface area contributed by atoms with Crippen LogP contribution in [0.25, 0.3) is 108 Å². The molecular formula is C48H28N2S. The Balaban J connectivity index is 1.13. The number of para-hydroxylation sites is 3. The molecule has 4 aromatic heterocycles. The Morgan fingerprint density at radius 3 is 1.80 bits per heavy atom. The Labute approximate surface area is 297 Å². The Kier molecular flexibility index (Phi) is 5.41.